The summed E-state index contributed by atoms with van der Waals surface area (Å²) >= 11 is 6.09. The van der Waals surface area contributed by atoms with Crippen molar-refractivity contribution >= 4 is 11.6 Å². The molecule has 0 aromatic heterocycles. The molecule has 4 heteroatoms. The van der Waals surface area contributed by atoms with Crippen molar-refractivity contribution in [2.24, 2.45) is 5.92 Å². The van der Waals surface area contributed by atoms with Crippen molar-refractivity contribution in [1.29, 1.82) is 0 Å². The van der Waals surface area contributed by atoms with E-state index in [0.29, 0.717) is 0 Å². The fraction of sp³-hybridized carbons (Fsp3) is 0.520. The average molecular weight is 415 g/mol. The predicted octanol–water partition coefficient (Wildman–Crippen LogP) is 5.92. The summed E-state index contributed by atoms with van der Waals surface area (Å²) in [4.78, 5) is 2.43. The van der Waals surface area contributed by atoms with Gasteiger partial charge in [-0.15, -0.1) is 0 Å². The molecule has 2 aromatic rings. The van der Waals surface area contributed by atoms with Crippen molar-refractivity contribution in [3.8, 4) is 0 Å². The van der Waals surface area contributed by atoms with Crippen LogP contribution in [0, 0.1) is 11.7 Å². The Balaban J connectivity index is 1.43. The quantitative estimate of drug-likeness (QED) is 0.630. The smallest absolute Gasteiger partial charge is 0.141 e. The first-order valence-electron chi connectivity index (χ1n) is 11.0. The monoisotopic (exact) mass is 414 g/mol. The van der Waals surface area contributed by atoms with E-state index < -0.39 is 0 Å². The number of benzene rings is 2. The number of piperidine rings is 1. The van der Waals surface area contributed by atoms with E-state index in [1.54, 1.807) is 0 Å². The Hall–Kier alpha value is -1.42. The predicted molar refractivity (Wildman–Crippen MR) is 119 cm³/mol. The lowest BCUT2D eigenvalue weighted by Gasteiger charge is -2.32. The van der Waals surface area contributed by atoms with Crippen LogP contribution in [0.1, 0.15) is 55.2 Å². The maximum absolute atomic E-state index is 13.7. The molecule has 1 aliphatic carbocycles. The lowest BCUT2D eigenvalue weighted by atomic mass is 9.87. The molecule has 0 spiro atoms. The first-order chi connectivity index (χ1) is 14.0. The Morgan fingerprint density at radius 3 is 2.52 bits per heavy atom. The van der Waals surface area contributed by atoms with Crippen LogP contribution in [0.3, 0.4) is 0 Å². The fourth-order valence-corrected chi connectivity index (χ4v) is 5.26. The van der Waals surface area contributed by atoms with E-state index in [1.807, 2.05) is 12.1 Å². The molecule has 1 aliphatic heterocycles. The van der Waals surface area contributed by atoms with Crippen molar-refractivity contribution in [1.82, 2.24) is 10.2 Å². The first kappa shape index (κ1) is 20.8. The first-order valence-corrected chi connectivity index (χ1v) is 11.4. The molecule has 2 fully saturated rings. The second-order valence-corrected chi connectivity index (χ2v) is 9.45. The summed E-state index contributed by atoms with van der Waals surface area (Å²) < 4.78 is 13.7. The Labute approximate surface area is 179 Å². The molecule has 0 bridgehead atoms. The summed E-state index contributed by atoms with van der Waals surface area (Å²) in [5.41, 5.74) is 3.80. The van der Waals surface area contributed by atoms with E-state index in [1.165, 1.54) is 62.4 Å². The van der Waals surface area contributed by atoms with E-state index >= 15 is 0 Å². The molecule has 1 saturated heterocycles. The minimum absolute atomic E-state index is 0.0959. The molecule has 0 unspecified atom stereocenters. The second kappa shape index (κ2) is 9.16. The third-order valence-corrected chi connectivity index (χ3v) is 7.20. The van der Waals surface area contributed by atoms with Gasteiger partial charge in [0.1, 0.15) is 5.82 Å². The van der Waals surface area contributed by atoms with Crippen LogP contribution in [-0.2, 0) is 18.5 Å². The van der Waals surface area contributed by atoms with Crippen LogP contribution in [0.5, 0.6) is 0 Å². The number of rotatable bonds is 6. The normalized spacial score (nSPS) is 20.2. The SMILES string of the molecule is CN1CCC(Cc2cccc(CNC3(c4ccc(F)c(Cl)c4)CCCC3)c2)CC1. The van der Waals surface area contributed by atoms with Crippen LogP contribution in [0.4, 0.5) is 4.39 Å². The van der Waals surface area contributed by atoms with Gasteiger partial charge in [0.05, 0.1) is 5.02 Å². The molecule has 1 N–H and O–H groups in total. The summed E-state index contributed by atoms with van der Waals surface area (Å²) in [6, 6.07) is 14.3. The van der Waals surface area contributed by atoms with Gasteiger partial charge in [-0.1, -0.05) is 54.8 Å². The molecule has 2 aliphatic rings. The molecule has 2 aromatic carbocycles. The number of hydrogen-bond donors (Lipinski definition) is 1. The van der Waals surface area contributed by atoms with Crippen LogP contribution in [0.2, 0.25) is 5.02 Å². The maximum Gasteiger partial charge on any atom is 0.141 e. The molecule has 29 heavy (non-hydrogen) atoms. The van der Waals surface area contributed by atoms with Crippen molar-refractivity contribution < 1.29 is 4.39 Å². The number of hydrogen-bond acceptors (Lipinski definition) is 2. The van der Waals surface area contributed by atoms with Crippen LogP contribution in [0.15, 0.2) is 42.5 Å². The summed E-state index contributed by atoms with van der Waals surface area (Å²) in [6.07, 6.45) is 8.31. The summed E-state index contributed by atoms with van der Waals surface area (Å²) in [5, 5.41) is 4.04. The largest absolute Gasteiger partial charge is 0.306 e. The molecular weight excluding hydrogens is 383 g/mol. The zero-order valence-electron chi connectivity index (χ0n) is 17.4. The van der Waals surface area contributed by atoms with Gasteiger partial charge in [0, 0.05) is 12.1 Å². The minimum Gasteiger partial charge on any atom is -0.306 e. The fourth-order valence-electron chi connectivity index (χ4n) is 5.08. The van der Waals surface area contributed by atoms with Crippen molar-refractivity contribution in [2.45, 2.75) is 57.0 Å². The van der Waals surface area contributed by atoms with Gasteiger partial charge < -0.3 is 10.2 Å². The third-order valence-electron chi connectivity index (χ3n) is 6.91. The van der Waals surface area contributed by atoms with Gasteiger partial charge in [-0.2, -0.15) is 0 Å². The highest BCUT2D eigenvalue weighted by atomic mass is 35.5. The van der Waals surface area contributed by atoms with Crippen LogP contribution >= 0.6 is 11.6 Å². The maximum atomic E-state index is 13.7. The summed E-state index contributed by atoms with van der Waals surface area (Å²) in [6.45, 7) is 3.26. The van der Waals surface area contributed by atoms with Crippen LogP contribution in [0.25, 0.3) is 0 Å². The third kappa shape index (κ3) is 5.02. The molecular formula is C25H32ClFN2. The zero-order valence-corrected chi connectivity index (χ0v) is 18.1. The number of nitrogens with zero attached hydrogens (tertiary/aromatic N) is 1. The average Bonchev–Trinajstić information content (AvgIpc) is 3.21. The standard InChI is InChI=1S/C25H32ClFN2/c1-29-13-9-19(10-14-29)15-20-5-4-6-21(16-20)18-28-25(11-2-3-12-25)22-7-8-24(27)23(26)17-22/h4-8,16-17,19,28H,2-3,9-15,18H2,1H3. The van der Waals surface area contributed by atoms with Gasteiger partial charge in [-0.25, -0.2) is 4.39 Å². The number of likely N-dealkylation sites (tertiary alicyclic amines) is 1. The minimum atomic E-state index is -0.342. The zero-order chi connectivity index (χ0) is 20.3. The van der Waals surface area contributed by atoms with Crippen LogP contribution < -0.4 is 5.32 Å². The van der Waals surface area contributed by atoms with Gasteiger partial charge in [-0.05, 0) is 87.0 Å². The number of nitrogens with one attached hydrogen (secondary N) is 1. The lowest BCUT2D eigenvalue weighted by Crippen LogP contribution is -2.39. The van der Waals surface area contributed by atoms with E-state index in [9.17, 15) is 4.39 Å². The van der Waals surface area contributed by atoms with Gasteiger partial charge in [0.15, 0.2) is 0 Å². The highest BCUT2D eigenvalue weighted by Crippen LogP contribution is 2.40. The Kier molecular flexibility index (Phi) is 6.58. The van der Waals surface area contributed by atoms with Gasteiger partial charge in [0.25, 0.3) is 0 Å². The molecule has 4 rings (SSSR count). The molecule has 0 amide bonds. The molecule has 2 nitrogen and oxygen atoms in total. The van der Waals surface area contributed by atoms with Crippen molar-refractivity contribution in [3.05, 3.63) is 70.0 Å². The Bertz CT molecular complexity index is 823. The highest BCUT2D eigenvalue weighted by molar-refractivity contribution is 6.30. The Morgan fingerprint density at radius 2 is 1.79 bits per heavy atom. The lowest BCUT2D eigenvalue weighted by molar-refractivity contribution is 0.219. The molecule has 1 heterocycles. The summed E-state index contributed by atoms with van der Waals surface area (Å²) in [7, 11) is 2.22. The van der Waals surface area contributed by atoms with Crippen LogP contribution in [-0.4, -0.2) is 25.0 Å². The van der Waals surface area contributed by atoms with E-state index in [4.69, 9.17) is 11.6 Å². The van der Waals surface area contributed by atoms with Crippen molar-refractivity contribution in [3.63, 3.8) is 0 Å². The second-order valence-electron chi connectivity index (χ2n) is 9.04. The van der Waals surface area contributed by atoms with E-state index in [-0.39, 0.29) is 16.4 Å². The van der Waals surface area contributed by atoms with E-state index in [0.717, 1.165) is 30.9 Å². The molecule has 0 radical (unpaired) electrons. The molecule has 1 saturated carbocycles. The van der Waals surface area contributed by atoms with E-state index in [2.05, 4.69) is 41.5 Å². The number of halogens is 2. The summed E-state index contributed by atoms with van der Waals surface area (Å²) in [5.74, 6) is 0.460. The highest BCUT2D eigenvalue weighted by Gasteiger charge is 2.35. The van der Waals surface area contributed by atoms with Gasteiger partial charge in [0.2, 0.25) is 0 Å². The van der Waals surface area contributed by atoms with Crippen molar-refractivity contribution in [2.75, 3.05) is 20.1 Å². The van der Waals surface area contributed by atoms with Gasteiger partial charge in [-0.3, -0.25) is 0 Å². The molecule has 156 valence electrons. The molecule has 0 atom stereocenters. The topological polar surface area (TPSA) is 15.3 Å². The Morgan fingerprint density at radius 1 is 1.07 bits per heavy atom. The van der Waals surface area contributed by atoms with Gasteiger partial charge >= 0.3 is 0 Å².